The number of nitrogens with one attached hydrogen (secondary N) is 1. The fourth-order valence-corrected chi connectivity index (χ4v) is 7.27. The van der Waals surface area contributed by atoms with Crippen molar-refractivity contribution in [3.63, 3.8) is 0 Å². The Morgan fingerprint density at radius 1 is 1.06 bits per heavy atom. The van der Waals surface area contributed by atoms with Crippen LogP contribution in [0, 0.1) is 22.6 Å². The lowest BCUT2D eigenvalue weighted by Crippen LogP contribution is -2.50. The maximum absolute atomic E-state index is 14.7. The largest absolute Gasteiger partial charge is 0.494 e. The van der Waals surface area contributed by atoms with Crippen LogP contribution in [0.15, 0.2) is 42.5 Å². The number of ether oxygens (including phenoxy) is 1. The Balaban J connectivity index is 0.000000559. The zero-order valence-corrected chi connectivity index (χ0v) is 26.4. The lowest BCUT2D eigenvalue weighted by molar-refractivity contribution is -0.192. The van der Waals surface area contributed by atoms with Gasteiger partial charge in [-0.15, -0.1) is 5.10 Å². The van der Waals surface area contributed by atoms with Crippen LogP contribution in [0.4, 0.5) is 29.1 Å². The topological polar surface area (TPSA) is 141 Å². The van der Waals surface area contributed by atoms with Gasteiger partial charge in [-0.05, 0) is 68.6 Å². The van der Waals surface area contributed by atoms with Gasteiger partial charge in [-0.25, -0.2) is 22.3 Å². The first kappa shape index (κ1) is 34.0. The summed E-state index contributed by atoms with van der Waals surface area (Å²) in [5.74, 6) is -1.84. The summed E-state index contributed by atoms with van der Waals surface area (Å²) >= 11 is 0. The molecule has 2 aromatic carbocycles. The highest BCUT2D eigenvalue weighted by Crippen LogP contribution is 2.40. The number of carboxylic acids is 1. The third-order valence-electron chi connectivity index (χ3n) is 8.96. The maximum Gasteiger partial charge on any atom is 0.490 e. The molecule has 4 aliphatic heterocycles. The van der Waals surface area contributed by atoms with E-state index in [1.165, 1.54) is 31.4 Å². The van der Waals surface area contributed by atoms with Crippen LogP contribution in [0.1, 0.15) is 24.8 Å². The minimum Gasteiger partial charge on any atom is -0.494 e. The molecule has 4 fully saturated rings. The molecule has 5 heterocycles. The Morgan fingerprint density at radius 3 is 2.26 bits per heavy atom. The Bertz CT molecular complexity index is 1750. The van der Waals surface area contributed by atoms with Crippen LogP contribution in [0.5, 0.6) is 5.75 Å². The molecule has 252 valence electrons. The van der Waals surface area contributed by atoms with E-state index in [0.29, 0.717) is 41.6 Å². The zero-order chi connectivity index (χ0) is 34.0. The smallest absolute Gasteiger partial charge is 0.490 e. The van der Waals surface area contributed by atoms with Crippen LogP contribution in [-0.4, -0.2) is 98.2 Å². The van der Waals surface area contributed by atoms with Crippen molar-refractivity contribution >= 4 is 27.3 Å². The van der Waals surface area contributed by atoms with Crippen molar-refractivity contribution in [2.75, 3.05) is 68.1 Å². The molecule has 16 heteroatoms. The van der Waals surface area contributed by atoms with Gasteiger partial charge in [0, 0.05) is 43.0 Å². The van der Waals surface area contributed by atoms with E-state index >= 15 is 0 Å². The third kappa shape index (κ3) is 7.79. The highest BCUT2D eigenvalue weighted by molar-refractivity contribution is 7.91. The summed E-state index contributed by atoms with van der Waals surface area (Å²) < 4.78 is 77.8. The molecule has 0 aliphatic carbocycles. The Labute approximate surface area is 269 Å². The first-order valence-electron chi connectivity index (χ1n) is 14.9. The van der Waals surface area contributed by atoms with Crippen molar-refractivity contribution < 1.29 is 40.6 Å². The number of nitrogens with zero attached hydrogens (tertiary/aromatic N) is 5. The summed E-state index contributed by atoms with van der Waals surface area (Å²) in [5.41, 5.74) is 3.05. The molecular weight excluding hydrogens is 644 g/mol. The molecule has 2 N–H and O–H groups in total. The van der Waals surface area contributed by atoms with E-state index in [2.05, 4.69) is 10.2 Å². The first-order valence-corrected chi connectivity index (χ1v) is 16.7. The van der Waals surface area contributed by atoms with Crippen molar-refractivity contribution in [3.8, 4) is 28.8 Å². The highest BCUT2D eigenvalue weighted by atomic mass is 32.2. The number of aromatic nitrogens is 2. The van der Waals surface area contributed by atoms with Crippen LogP contribution >= 0.6 is 0 Å². The number of benzene rings is 2. The number of hydrogen-bond donors (Lipinski definition) is 2. The van der Waals surface area contributed by atoms with Gasteiger partial charge < -0.3 is 25.0 Å². The number of rotatable bonds is 7. The van der Waals surface area contributed by atoms with E-state index in [4.69, 9.17) is 19.7 Å². The number of alkyl halides is 3. The van der Waals surface area contributed by atoms with E-state index < -0.39 is 27.8 Å². The van der Waals surface area contributed by atoms with Gasteiger partial charge in [-0.3, -0.25) is 0 Å². The van der Waals surface area contributed by atoms with Crippen LogP contribution in [0.3, 0.4) is 0 Å². The van der Waals surface area contributed by atoms with Crippen LogP contribution in [0.2, 0.25) is 0 Å². The van der Waals surface area contributed by atoms with Gasteiger partial charge in [0.1, 0.15) is 29.1 Å². The van der Waals surface area contributed by atoms with Crippen molar-refractivity contribution in [1.29, 1.82) is 5.26 Å². The van der Waals surface area contributed by atoms with E-state index in [-0.39, 0.29) is 22.5 Å². The number of sulfone groups is 1. The number of carboxylic acid groups (broad SMARTS) is 1. The van der Waals surface area contributed by atoms with Gasteiger partial charge >= 0.3 is 12.1 Å². The SMILES string of the molecule is COc1cc(N2CCS(=O)(=O)CC2)ccc1-n1nc(NCC23CCN(CC2)CC3)cc1-c1ccc(C#N)c(F)c1.O=C(O)C(F)(F)F. The molecule has 0 spiro atoms. The second-order valence-electron chi connectivity index (χ2n) is 11.9. The predicted octanol–water partition coefficient (Wildman–Crippen LogP) is 4.32. The molecule has 11 nitrogen and oxygen atoms in total. The number of nitriles is 1. The van der Waals surface area contributed by atoms with Crippen molar-refractivity contribution in [2.45, 2.75) is 25.4 Å². The normalized spacial score (nSPS) is 21.7. The number of anilines is 2. The average Bonchev–Trinajstić information content (AvgIpc) is 3.48. The summed E-state index contributed by atoms with van der Waals surface area (Å²) in [4.78, 5) is 13.5. The molecule has 2 bridgehead atoms. The number of hydrogen-bond acceptors (Lipinski definition) is 9. The molecule has 4 aliphatic rings. The van der Waals surface area contributed by atoms with Crippen LogP contribution < -0.4 is 15.0 Å². The van der Waals surface area contributed by atoms with Crippen molar-refractivity contribution in [1.82, 2.24) is 14.7 Å². The summed E-state index contributed by atoms with van der Waals surface area (Å²) in [6, 6.07) is 14.1. The quantitative estimate of drug-likeness (QED) is 0.347. The Hall–Kier alpha value is -4.36. The fraction of sp³-hybridized carbons (Fsp3) is 0.452. The summed E-state index contributed by atoms with van der Waals surface area (Å²) in [5, 5.41) is 24.8. The summed E-state index contributed by atoms with van der Waals surface area (Å²) in [7, 11) is -1.41. The predicted molar refractivity (Wildman–Crippen MR) is 166 cm³/mol. The number of piperidine rings is 3. The molecule has 0 amide bonds. The summed E-state index contributed by atoms with van der Waals surface area (Å²) in [6.45, 7) is 5.09. The van der Waals surface area contributed by atoms with Gasteiger partial charge in [0.2, 0.25) is 0 Å². The standard InChI is InChI=1S/C29H33FN6O3S.C2HF3O2/c1-39-27-17-23(35-12-14-40(37,38)15-13-35)4-5-25(27)36-26(21-2-3-22(19-31)24(30)16-21)18-28(33-36)32-20-29-6-9-34(10-7-29)11-8-29;3-2(4,5)1(6)7/h2-5,16-18H,6-15,20H2,1H3,(H,32,33);(H,6,7). The average molecular weight is 679 g/mol. The molecule has 47 heavy (non-hydrogen) atoms. The lowest BCUT2D eigenvalue weighted by Gasteiger charge is -2.48. The molecule has 0 atom stereocenters. The second-order valence-corrected chi connectivity index (χ2v) is 14.2. The monoisotopic (exact) mass is 678 g/mol. The van der Waals surface area contributed by atoms with Crippen LogP contribution in [0.25, 0.3) is 16.9 Å². The Morgan fingerprint density at radius 2 is 1.70 bits per heavy atom. The molecule has 7 rings (SSSR count). The molecule has 4 saturated heterocycles. The van der Waals surface area contributed by atoms with E-state index in [0.717, 1.165) is 31.9 Å². The van der Waals surface area contributed by atoms with Crippen LogP contribution in [-0.2, 0) is 14.6 Å². The van der Waals surface area contributed by atoms with Crippen molar-refractivity contribution in [3.05, 3.63) is 53.8 Å². The maximum atomic E-state index is 14.7. The van der Waals surface area contributed by atoms with E-state index in [9.17, 15) is 31.2 Å². The number of halogens is 4. The summed E-state index contributed by atoms with van der Waals surface area (Å²) in [6.07, 6.45) is -1.58. The molecule has 0 unspecified atom stereocenters. The van der Waals surface area contributed by atoms with Gasteiger partial charge in [0.25, 0.3) is 0 Å². The van der Waals surface area contributed by atoms with Gasteiger partial charge in [-0.2, -0.15) is 18.4 Å². The molecule has 0 saturated carbocycles. The molecule has 0 radical (unpaired) electrons. The second kappa shape index (κ2) is 13.4. The number of aliphatic carboxylic acids is 1. The first-order chi connectivity index (χ1) is 22.2. The zero-order valence-electron chi connectivity index (χ0n) is 25.6. The fourth-order valence-electron chi connectivity index (χ4n) is 6.07. The number of carbonyl (C=O) groups is 1. The lowest BCUT2D eigenvalue weighted by atomic mass is 9.72. The molecular formula is C31H34F4N6O5S. The minimum absolute atomic E-state index is 0.0126. The molecule has 1 aromatic heterocycles. The van der Waals surface area contributed by atoms with Gasteiger partial charge in [0.15, 0.2) is 9.84 Å². The van der Waals surface area contributed by atoms with Gasteiger partial charge in [-0.1, -0.05) is 6.07 Å². The Kier molecular flexibility index (Phi) is 9.69. The highest BCUT2D eigenvalue weighted by Gasteiger charge is 2.39. The van der Waals surface area contributed by atoms with Gasteiger partial charge in [0.05, 0.1) is 29.9 Å². The number of methoxy groups -OCH3 is 1. The van der Waals surface area contributed by atoms with E-state index in [1.807, 2.05) is 35.2 Å². The number of fused-ring (bicyclic) bond motifs is 3. The van der Waals surface area contributed by atoms with Crippen molar-refractivity contribution in [2.24, 2.45) is 5.41 Å². The van der Waals surface area contributed by atoms with E-state index in [1.54, 1.807) is 17.9 Å². The minimum atomic E-state index is -5.08. The molecule has 3 aromatic rings. The third-order valence-corrected chi connectivity index (χ3v) is 10.6.